The number of anilines is 1. The molecule has 6 nitrogen and oxygen atoms in total. The molecule has 0 aliphatic rings. The maximum Gasteiger partial charge on any atom is 0.335 e. The van der Waals surface area contributed by atoms with Crippen LogP contribution in [0.3, 0.4) is 0 Å². The van der Waals surface area contributed by atoms with Crippen molar-refractivity contribution in [1.82, 2.24) is 5.32 Å². The maximum atomic E-state index is 11.7. The first-order valence-corrected chi connectivity index (χ1v) is 7.26. The second-order valence-corrected chi connectivity index (χ2v) is 5.56. The molecule has 0 aliphatic carbocycles. The smallest absolute Gasteiger partial charge is 0.335 e. The molecular formula is C15H20N2O4S. The zero-order valence-corrected chi connectivity index (χ0v) is 13.6. The first-order chi connectivity index (χ1) is 10.3. The summed E-state index contributed by atoms with van der Waals surface area (Å²) in [7, 11) is 1.46. The monoisotopic (exact) mass is 324 g/mol. The molecular weight excluding hydrogens is 304 g/mol. The summed E-state index contributed by atoms with van der Waals surface area (Å²) in [5, 5.41) is 14.5. The van der Waals surface area contributed by atoms with Crippen LogP contribution in [0.25, 0.3) is 0 Å². The molecule has 0 heterocycles. The molecule has 0 saturated carbocycles. The molecule has 0 aromatic heterocycles. The van der Waals surface area contributed by atoms with E-state index in [-0.39, 0.29) is 16.6 Å². The van der Waals surface area contributed by atoms with Crippen LogP contribution in [0.5, 0.6) is 5.75 Å². The Labute approximate surface area is 134 Å². The van der Waals surface area contributed by atoms with Gasteiger partial charge in [-0.15, -0.1) is 0 Å². The van der Waals surface area contributed by atoms with Crippen LogP contribution in [0.15, 0.2) is 18.2 Å². The molecule has 0 bridgehead atoms. The Kier molecular flexibility index (Phi) is 6.78. The number of carbonyl (C=O) groups is 2. The summed E-state index contributed by atoms with van der Waals surface area (Å²) in [4.78, 5) is 22.7. The lowest BCUT2D eigenvalue weighted by Gasteiger charge is -2.13. The van der Waals surface area contributed by atoms with Gasteiger partial charge in [-0.05, 0) is 42.8 Å². The second-order valence-electron chi connectivity index (χ2n) is 5.16. The number of carbonyl (C=O) groups excluding carboxylic acids is 1. The summed E-state index contributed by atoms with van der Waals surface area (Å²) in [6.45, 7) is 4.07. The Hall–Kier alpha value is -2.15. The van der Waals surface area contributed by atoms with Crippen molar-refractivity contribution in [1.29, 1.82) is 0 Å². The van der Waals surface area contributed by atoms with E-state index in [1.165, 1.54) is 25.3 Å². The van der Waals surface area contributed by atoms with Crippen LogP contribution < -0.4 is 15.4 Å². The van der Waals surface area contributed by atoms with Crippen LogP contribution in [0, 0.1) is 5.92 Å². The lowest BCUT2D eigenvalue weighted by molar-refractivity contribution is -0.119. The molecule has 1 amide bonds. The largest absolute Gasteiger partial charge is 0.495 e. The lowest BCUT2D eigenvalue weighted by Crippen LogP contribution is -2.34. The molecule has 0 aliphatic heterocycles. The number of benzene rings is 1. The number of amides is 1. The maximum absolute atomic E-state index is 11.7. The lowest BCUT2D eigenvalue weighted by atomic mass is 10.1. The van der Waals surface area contributed by atoms with Crippen molar-refractivity contribution < 1.29 is 19.4 Å². The van der Waals surface area contributed by atoms with Crippen molar-refractivity contribution in [3.8, 4) is 5.75 Å². The molecule has 0 atom stereocenters. The van der Waals surface area contributed by atoms with Crippen molar-refractivity contribution >= 4 is 34.9 Å². The average Bonchev–Trinajstić information content (AvgIpc) is 2.44. The van der Waals surface area contributed by atoms with E-state index in [0.717, 1.165) is 6.42 Å². The van der Waals surface area contributed by atoms with E-state index in [1.807, 2.05) is 13.8 Å². The summed E-state index contributed by atoms with van der Waals surface area (Å²) in [6, 6.07) is 4.35. The van der Waals surface area contributed by atoms with E-state index in [1.54, 1.807) is 0 Å². The van der Waals surface area contributed by atoms with Gasteiger partial charge in [0.05, 0.1) is 18.4 Å². The minimum atomic E-state index is -1.06. The van der Waals surface area contributed by atoms with E-state index < -0.39 is 5.97 Å². The highest BCUT2D eigenvalue weighted by molar-refractivity contribution is 7.80. The van der Waals surface area contributed by atoms with Crippen molar-refractivity contribution in [3.05, 3.63) is 23.8 Å². The highest BCUT2D eigenvalue weighted by Crippen LogP contribution is 2.25. The molecule has 1 aromatic rings. The normalized spacial score (nSPS) is 10.2. The Morgan fingerprint density at radius 2 is 2.05 bits per heavy atom. The number of methoxy groups -OCH3 is 1. The van der Waals surface area contributed by atoms with Gasteiger partial charge >= 0.3 is 5.97 Å². The van der Waals surface area contributed by atoms with Gasteiger partial charge in [0.2, 0.25) is 5.91 Å². The van der Waals surface area contributed by atoms with Crippen molar-refractivity contribution in [2.24, 2.45) is 5.92 Å². The van der Waals surface area contributed by atoms with Gasteiger partial charge in [0, 0.05) is 6.42 Å². The SMILES string of the molecule is COc1ccc(C(=O)O)cc1NC(=S)NC(=O)CCC(C)C. The second kappa shape index (κ2) is 8.33. The Bertz CT molecular complexity index is 573. The third-order valence-corrected chi connectivity index (χ3v) is 3.10. The topological polar surface area (TPSA) is 87.7 Å². The predicted molar refractivity (Wildman–Crippen MR) is 88.4 cm³/mol. The molecule has 1 rings (SSSR count). The number of ether oxygens (including phenoxy) is 1. The van der Waals surface area contributed by atoms with E-state index in [2.05, 4.69) is 10.6 Å². The zero-order chi connectivity index (χ0) is 16.7. The van der Waals surface area contributed by atoms with E-state index in [0.29, 0.717) is 23.8 Å². The quantitative estimate of drug-likeness (QED) is 0.697. The fraction of sp³-hybridized carbons (Fsp3) is 0.400. The predicted octanol–water partition coefficient (Wildman–Crippen LogP) is 2.64. The Balaban J connectivity index is 2.72. The molecule has 3 N–H and O–H groups in total. The third kappa shape index (κ3) is 5.69. The number of nitrogens with one attached hydrogen (secondary N) is 2. The van der Waals surface area contributed by atoms with Gasteiger partial charge in [-0.25, -0.2) is 4.79 Å². The summed E-state index contributed by atoms with van der Waals surface area (Å²) in [6.07, 6.45) is 1.15. The van der Waals surface area contributed by atoms with Crippen LogP contribution >= 0.6 is 12.2 Å². The number of carboxylic acid groups (broad SMARTS) is 1. The highest BCUT2D eigenvalue weighted by atomic mass is 32.1. The summed E-state index contributed by atoms with van der Waals surface area (Å²) in [5.41, 5.74) is 0.480. The van der Waals surface area contributed by atoms with E-state index in [9.17, 15) is 9.59 Å². The van der Waals surface area contributed by atoms with Gasteiger partial charge in [0.25, 0.3) is 0 Å². The van der Waals surface area contributed by atoms with Crippen molar-refractivity contribution in [2.75, 3.05) is 12.4 Å². The molecule has 0 spiro atoms. The number of thiocarbonyl (C=S) groups is 1. The average molecular weight is 324 g/mol. The molecule has 0 fully saturated rings. The number of hydrogen-bond acceptors (Lipinski definition) is 4. The molecule has 1 aromatic carbocycles. The molecule has 0 radical (unpaired) electrons. The number of rotatable bonds is 6. The summed E-state index contributed by atoms with van der Waals surface area (Å²) < 4.78 is 5.14. The number of hydrogen-bond donors (Lipinski definition) is 3. The molecule has 0 saturated heterocycles. The summed E-state index contributed by atoms with van der Waals surface area (Å²) >= 11 is 5.06. The highest BCUT2D eigenvalue weighted by Gasteiger charge is 2.12. The van der Waals surface area contributed by atoms with Gasteiger partial charge in [-0.3, -0.25) is 4.79 Å². The number of carboxylic acids is 1. The zero-order valence-electron chi connectivity index (χ0n) is 12.8. The Morgan fingerprint density at radius 1 is 1.36 bits per heavy atom. The summed E-state index contributed by atoms with van der Waals surface area (Å²) in [5.74, 6) is -0.374. The fourth-order valence-electron chi connectivity index (χ4n) is 1.70. The molecule has 22 heavy (non-hydrogen) atoms. The van der Waals surface area contributed by atoms with Gasteiger partial charge in [-0.2, -0.15) is 0 Å². The molecule has 120 valence electrons. The van der Waals surface area contributed by atoms with Crippen molar-refractivity contribution in [3.63, 3.8) is 0 Å². The Morgan fingerprint density at radius 3 is 2.59 bits per heavy atom. The third-order valence-electron chi connectivity index (χ3n) is 2.90. The van der Waals surface area contributed by atoms with E-state index >= 15 is 0 Å². The molecule has 0 unspecified atom stereocenters. The van der Waals surface area contributed by atoms with Crippen LogP contribution in [0.4, 0.5) is 5.69 Å². The van der Waals surface area contributed by atoms with Gasteiger partial charge < -0.3 is 20.5 Å². The first kappa shape index (κ1) is 17.9. The van der Waals surface area contributed by atoms with Crippen LogP contribution in [0.2, 0.25) is 0 Å². The van der Waals surface area contributed by atoms with Crippen LogP contribution in [-0.2, 0) is 4.79 Å². The minimum absolute atomic E-state index is 0.0947. The first-order valence-electron chi connectivity index (χ1n) is 6.85. The standard InChI is InChI=1S/C15H20N2O4S/c1-9(2)4-7-13(18)17-15(22)16-11-8-10(14(19)20)5-6-12(11)21-3/h5-6,8-9H,4,7H2,1-3H3,(H,19,20)(H2,16,17,18,22). The minimum Gasteiger partial charge on any atom is -0.495 e. The van der Waals surface area contributed by atoms with Gasteiger partial charge in [0.1, 0.15) is 5.75 Å². The van der Waals surface area contributed by atoms with Gasteiger partial charge in [-0.1, -0.05) is 13.8 Å². The van der Waals surface area contributed by atoms with Crippen LogP contribution in [0.1, 0.15) is 37.0 Å². The number of aromatic carboxylic acids is 1. The fourth-order valence-corrected chi connectivity index (χ4v) is 1.92. The van der Waals surface area contributed by atoms with Crippen molar-refractivity contribution in [2.45, 2.75) is 26.7 Å². The van der Waals surface area contributed by atoms with Crippen LogP contribution in [-0.4, -0.2) is 29.2 Å². The van der Waals surface area contributed by atoms with E-state index in [4.69, 9.17) is 22.1 Å². The molecule has 7 heteroatoms. The van der Waals surface area contributed by atoms with Gasteiger partial charge in [0.15, 0.2) is 5.11 Å².